The number of hydrogen-bond acceptors (Lipinski definition) is 5. The molecule has 2 aromatic rings. The molecule has 0 unspecified atom stereocenters. The van der Waals surface area contributed by atoms with Crippen LogP contribution >= 0.6 is 0 Å². The molecule has 0 bridgehead atoms. The van der Waals surface area contributed by atoms with Gasteiger partial charge in [0.2, 0.25) is 0 Å². The third-order valence-electron chi connectivity index (χ3n) is 5.47. The van der Waals surface area contributed by atoms with E-state index in [4.69, 9.17) is 14.2 Å². The minimum Gasteiger partial charge on any atom is -0.494 e. The van der Waals surface area contributed by atoms with Crippen LogP contribution in [-0.2, 0) is 20.7 Å². The van der Waals surface area contributed by atoms with Crippen molar-refractivity contribution in [1.82, 2.24) is 0 Å². The van der Waals surface area contributed by atoms with Crippen molar-refractivity contribution in [1.29, 1.82) is 0 Å². The molecule has 0 atom stereocenters. The van der Waals surface area contributed by atoms with Crippen molar-refractivity contribution in [3.8, 4) is 11.5 Å². The number of hydrogen-bond donors (Lipinski definition) is 0. The molecular formula is C30H38O5. The summed E-state index contributed by atoms with van der Waals surface area (Å²) >= 11 is 0. The summed E-state index contributed by atoms with van der Waals surface area (Å²) in [4.78, 5) is 23.1. The molecule has 0 saturated heterocycles. The molecule has 2 rings (SSSR count). The molecule has 0 spiro atoms. The summed E-state index contributed by atoms with van der Waals surface area (Å²) in [6.07, 6.45) is 14.1. The van der Waals surface area contributed by atoms with E-state index >= 15 is 0 Å². The molecule has 35 heavy (non-hydrogen) atoms. The highest BCUT2D eigenvalue weighted by molar-refractivity contribution is 5.88. The van der Waals surface area contributed by atoms with E-state index < -0.39 is 5.97 Å². The lowest BCUT2D eigenvalue weighted by Crippen LogP contribution is -2.03. The van der Waals surface area contributed by atoms with Gasteiger partial charge >= 0.3 is 11.9 Å². The molecule has 5 nitrogen and oxygen atoms in total. The first kappa shape index (κ1) is 27.9. The second-order valence-electron chi connectivity index (χ2n) is 8.41. The molecule has 0 heterocycles. The van der Waals surface area contributed by atoms with E-state index in [1.54, 1.807) is 18.2 Å². The number of carbonyl (C=O) groups excluding carboxylic acids is 2. The smallest absolute Gasteiger partial charge is 0.336 e. The van der Waals surface area contributed by atoms with Gasteiger partial charge in [-0.25, -0.2) is 9.59 Å². The van der Waals surface area contributed by atoms with Crippen LogP contribution in [0.2, 0.25) is 0 Å². The average molecular weight is 479 g/mol. The van der Waals surface area contributed by atoms with Gasteiger partial charge in [-0.05, 0) is 67.2 Å². The lowest BCUT2D eigenvalue weighted by molar-refractivity contribution is -0.137. The number of rotatable bonds is 17. The molecule has 5 heteroatoms. The van der Waals surface area contributed by atoms with Crippen molar-refractivity contribution in [3.63, 3.8) is 0 Å². The summed E-state index contributed by atoms with van der Waals surface area (Å²) < 4.78 is 16.0. The van der Waals surface area contributed by atoms with Crippen LogP contribution in [-0.4, -0.2) is 25.2 Å². The Labute approximate surface area is 209 Å². The van der Waals surface area contributed by atoms with Gasteiger partial charge in [0.15, 0.2) is 0 Å². The molecule has 0 N–H and O–H groups in total. The maximum absolute atomic E-state index is 12.1. The van der Waals surface area contributed by atoms with Gasteiger partial charge in [0.1, 0.15) is 11.5 Å². The second kappa shape index (κ2) is 17.1. The van der Waals surface area contributed by atoms with Crippen LogP contribution in [0.5, 0.6) is 11.5 Å². The summed E-state index contributed by atoms with van der Waals surface area (Å²) in [7, 11) is 0. The summed E-state index contributed by atoms with van der Waals surface area (Å²) in [5, 5.41) is 0. The van der Waals surface area contributed by atoms with E-state index in [1.807, 2.05) is 24.3 Å². The summed E-state index contributed by atoms with van der Waals surface area (Å²) in [5.74, 6) is 0.510. The third kappa shape index (κ3) is 12.6. The van der Waals surface area contributed by atoms with E-state index in [-0.39, 0.29) is 5.97 Å². The predicted molar refractivity (Wildman–Crippen MR) is 141 cm³/mol. The van der Waals surface area contributed by atoms with E-state index in [9.17, 15) is 9.59 Å². The van der Waals surface area contributed by atoms with Crippen LogP contribution in [0.25, 0.3) is 6.08 Å². The fourth-order valence-electron chi connectivity index (χ4n) is 3.45. The largest absolute Gasteiger partial charge is 0.494 e. The van der Waals surface area contributed by atoms with E-state index in [0.717, 1.165) is 69.1 Å². The van der Waals surface area contributed by atoms with Gasteiger partial charge in [-0.1, -0.05) is 69.9 Å². The molecule has 0 amide bonds. The molecular weight excluding hydrogens is 440 g/mol. The zero-order chi connectivity index (χ0) is 25.1. The maximum atomic E-state index is 12.1. The Kier molecular flexibility index (Phi) is 13.7. The fourth-order valence-corrected chi connectivity index (χ4v) is 3.45. The lowest BCUT2D eigenvalue weighted by atomic mass is 10.0. The third-order valence-corrected chi connectivity index (χ3v) is 5.47. The quantitative estimate of drug-likeness (QED) is 0.105. The van der Waals surface area contributed by atoms with Gasteiger partial charge in [0.05, 0.1) is 13.2 Å². The van der Waals surface area contributed by atoms with Gasteiger partial charge in [-0.15, -0.1) is 0 Å². The Hall–Kier alpha value is -3.34. The van der Waals surface area contributed by atoms with Crippen molar-refractivity contribution in [2.75, 3.05) is 13.2 Å². The highest BCUT2D eigenvalue weighted by Gasteiger charge is 2.02. The monoisotopic (exact) mass is 478 g/mol. The molecule has 188 valence electrons. The first-order valence-electron chi connectivity index (χ1n) is 12.6. The Morgan fingerprint density at radius 1 is 0.771 bits per heavy atom. The van der Waals surface area contributed by atoms with Gasteiger partial charge in [-0.2, -0.15) is 0 Å². The second-order valence-corrected chi connectivity index (χ2v) is 8.41. The van der Waals surface area contributed by atoms with Gasteiger partial charge < -0.3 is 14.2 Å². The van der Waals surface area contributed by atoms with Crippen molar-refractivity contribution < 1.29 is 23.8 Å². The van der Waals surface area contributed by atoms with Crippen LogP contribution < -0.4 is 9.47 Å². The average Bonchev–Trinajstić information content (AvgIpc) is 2.88. The zero-order valence-electron chi connectivity index (χ0n) is 20.9. The molecule has 0 radical (unpaired) electrons. The van der Waals surface area contributed by atoms with Crippen LogP contribution in [0.1, 0.15) is 69.4 Å². The molecule has 0 saturated carbocycles. The number of esters is 2. The van der Waals surface area contributed by atoms with Gasteiger partial charge in [0, 0.05) is 12.2 Å². The van der Waals surface area contributed by atoms with Crippen LogP contribution in [0.15, 0.2) is 67.3 Å². The number of unbranched alkanes of at least 4 members (excludes halogenated alkanes) is 6. The Morgan fingerprint density at radius 2 is 1.43 bits per heavy atom. The first-order valence-corrected chi connectivity index (χ1v) is 12.6. The van der Waals surface area contributed by atoms with Crippen molar-refractivity contribution in [3.05, 3.63) is 78.4 Å². The Balaban J connectivity index is 1.63. The van der Waals surface area contributed by atoms with Crippen molar-refractivity contribution in [2.24, 2.45) is 0 Å². The zero-order valence-corrected chi connectivity index (χ0v) is 20.9. The normalized spacial score (nSPS) is 10.8. The highest BCUT2D eigenvalue weighted by Crippen LogP contribution is 2.18. The fraction of sp³-hybridized carbons (Fsp3) is 0.400. The van der Waals surface area contributed by atoms with Gasteiger partial charge in [0.25, 0.3) is 0 Å². The van der Waals surface area contributed by atoms with Crippen molar-refractivity contribution in [2.45, 2.75) is 64.7 Å². The SMILES string of the molecule is C=CC(=O)OCCCCCCCc1ccc(C=CC(=O)Oc2ccc(OCCCCC)cc2)cc1. The van der Waals surface area contributed by atoms with Crippen LogP contribution in [0.3, 0.4) is 0 Å². The maximum Gasteiger partial charge on any atom is 0.336 e. The summed E-state index contributed by atoms with van der Waals surface area (Å²) in [5.41, 5.74) is 2.23. The Bertz CT molecular complexity index is 913. The molecule has 0 fully saturated rings. The van der Waals surface area contributed by atoms with E-state index in [0.29, 0.717) is 19.0 Å². The minimum absolute atomic E-state index is 0.353. The van der Waals surface area contributed by atoms with Crippen molar-refractivity contribution >= 4 is 18.0 Å². The lowest BCUT2D eigenvalue weighted by Gasteiger charge is -2.06. The molecule has 0 aliphatic rings. The molecule has 2 aromatic carbocycles. The van der Waals surface area contributed by atoms with E-state index in [2.05, 4.69) is 25.6 Å². The highest BCUT2D eigenvalue weighted by atomic mass is 16.5. The number of ether oxygens (including phenoxy) is 3. The minimum atomic E-state index is -0.412. The van der Waals surface area contributed by atoms with Gasteiger partial charge in [-0.3, -0.25) is 0 Å². The summed E-state index contributed by atoms with van der Waals surface area (Å²) in [6, 6.07) is 15.3. The summed E-state index contributed by atoms with van der Waals surface area (Å²) in [6.45, 7) is 6.70. The number of carbonyl (C=O) groups is 2. The molecule has 0 aliphatic carbocycles. The number of aryl methyl sites for hydroxylation is 1. The Morgan fingerprint density at radius 3 is 2.14 bits per heavy atom. The predicted octanol–water partition coefficient (Wildman–Crippen LogP) is 7.10. The first-order chi connectivity index (χ1) is 17.1. The molecule has 0 aromatic heterocycles. The standard InChI is InChI=1S/C30H38O5/c1-3-5-10-23-33-27-18-20-28(21-19-27)35-30(32)22-17-26-15-13-25(14-16-26)12-9-7-6-8-11-24-34-29(31)4-2/h4,13-22H,2-3,5-12,23-24H2,1H3. The van der Waals surface area contributed by atoms with E-state index in [1.165, 1.54) is 17.7 Å². The van der Waals surface area contributed by atoms with Crippen LogP contribution in [0, 0.1) is 0 Å². The molecule has 0 aliphatic heterocycles. The van der Waals surface area contributed by atoms with Crippen LogP contribution in [0.4, 0.5) is 0 Å². The number of benzene rings is 2. The topological polar surface area (TPSA) is 61.8 Å².